The van der Waals surface area contributed by atoms with E-state index >= 15 is 0 Å². The standard InChI is InChI=1S/C16H14BrN3O4S/c1-24-13-7-6-9(8-11(13)17)14(22)18-16(25)20-19-15(23)10-4-2-3-5-12(10)21/h2-8,21H,1H3,(H,19,23)(H2,18,20,22,25). The van der Waals surface area contributed by atoms with Crippen LogP contribution in [0.25, 0.3) is 0 Å². The van der Waals surface area contributed by atoms with Crippen LogP contribution in [0.1, 0.15) is 20.7 Å². The van der Waals surface area contributed by atoms with Crippen LogP contribution in [-0.4, -0.2) is 29.1 Å². The number of rotatable bonds is 3. The molecule has 0 atom stereocenters. The number of phenols is 1. The highest BCUT2D eigenvalue weighted by Gasteiger charge is 2.13. The number of halogens is 1. The van der Waals surface area contributed by atoms with Gasteiger partial charge in [0.25, 0.3) is 11.8 Å². The van der Waals surface area contributed by atoms with E-state index in [1.807, 2.05) is 0 Å². The van der Waals surface area contributed by atoms with Crippen molar-refractivity contribution in [2.24, 2.45) is 0 Å². The van der Waals surface area contributed by atoms with Crippen molar-refractivity contribution in [1.29, 1.82) is 0 Å². The molecule has 130 valence electrons. The van der Waals surface area contributed by atoms with Crippen LogP contribution in [0.3, 0.4) is 0 Å². The number of phenolic OH excluding ortho intramolecular Hbond substituents is 1. The normalized spacial score (nSPS) is 9.84. The molecule has 0 unspecified atom stereocenters. The molecule has 0 radical (unpaired) electrons. The summed E-state index contributed by atoms with van der Waals surface area (Å²) in [6, 6.07) is 10.8. The number of hydrazine groups is 1. The quantitative estimate of drug-likeness (QED) is 0.445. The molecule has 0 aliphatic carbocycles. The van der Waals surface area contributed by atoms with Crippen LogP contribution in [0.5, 0.6) is 11.5 Å². The van der Waals surface area contributed by atoms with Gasteiger partial charge in [0.2, 0.25) is 0 Å². The van der Waals surface area contributed by atoms with Crippen molar-refractivity contribution in [3.05, 3.63) is 58.1 Å². The summed E-state index contributed by atoms with van der Waals surface area (Å²) in [4.78, 5) is 24.0. The fourth-order valence-electron chi connectivity index (χ4n) is 1.86. The molecule has 25 heavy (non-hydrogen) atoms. The van der Waals surface area contributed by atoms with Crippen molar-refractivity contribution in [3.63, 3.8) is 0 Å². The van der Waals surface area contributed by atoms with Crippen molar-refractivity contribution < 1.29 is 19.4 Å². The van der Waals surface area contributed by atoms with Crippen LogP contribution >= 0.6 is 28.1 Å². The van der Waals surface area contributed by atoms with Gasteiger partial charge in [0.1, 0.15) is 11.5 Å². The van der Waals surface area contributed by atoms with E-state index < -0.39 is 11.8 Å². The molecule has 0 aliphatic heterocycles. The summed E-state index contributed by atoms with van der Waals surface area (Å²) < 4.78 is 5.71. The third kappa shape index (κ3) is 4.91. The Hall–Kier alpha value is -2.65. The van der Waals surface area contributed by atoms with Crippen molar-refractivity contribution in [2.75, 3.05) is 7.11 Å². The van der Waals surface area contributed by atoms with Crippen LogP contribution in [-0.2, 0) is 0 Å². The molecule has 0 spiro atoms. The summed E-state index contributed by atoms with van der Waals surface area (Å²) in [5.74, 6) is -0.633. The van der Waals surface area contributed by atoms with Crippen molar-refractivity contribution in [1.82, 2.24) is 16.2 Å². The lowest BCUT2D eigenvalue weighted by Gasteiger charge is -2.12. The second kappa shape index (κ2) is 8.45. The minimum absolute atomic E-state index is 0.0724. The number of nitrogens with one attached hydrogen (secondary N) is 3. The first kappa shape index (κ1) is 18.7. The van der Waals surface area contributed by atoms with Gasteiger partial charge in [-0.15, -0.1) is 0 Å². The van der Waals surface area contributed by atoms with Gasteiger partial charge in [0.15, 0.2) is 5.11 Å². The number of carbonyl (C=O) groups excluding carboxylic acids is 2. The lowest BCUT2D eigenvalue weighted by atomic mass is 10.2. The molecule has 2 aromatic carbocycles. The Balaban J connectivity index is 1.92. The molecule has 2 rings (SSSR count). The van der Waals surface area contributed by atoms with Gasteiger partial charge in [-0.25, -0.2) is 0 Å². The Kier molecular flexibility index (Phi) is 6.31. The van der Waals surface area contributed by atoms with Crippen molar-refractivity contribution >= 4 is 45.1 Å². The summed E-state index contributed by atoms with van der Waals surface area (Å²) >= 11 is 8.25. The molecule has 0 aliphatic rings. The second-order valence-electron chi connectivity index (χ2n) is 4.73. The van der Waals surface area contributed by atoms with Gasteiger partial charge in [0, 0.05) is 5.56 Å². The molecule has 2 aromatic rings. The van der Waals surface area contributed by atoms with Crippen LogP contribution in [0.2, 0.25) is 0 Å². The van der Waals surface area contributed by atoms with Crippen LogP contribution in [0, 0.1) is 0 Å². The van der Waals surface area contributed by atoms with E-state index in [1.54, 1.807) is 30.3 Å². The minimum atomic E-state index is -0.595. The Labute approximate surface area is 157 Å². The zero-order valence-corrected chi connectivity index (χ0v) is 15.4. The fourth-order valence-corrected chi connectivity index (χ4v) is 2.55. The molecule has 0 bridgehead atoms. The molecule has 0 saturated heterocycles. The van der Waals surface area contributed by atoms with Crippen molar-refractivity contribution in [2.45, 2.75) is 0 Å². The van der Waals surface area contributed by atoms with Gasteiger partial charge in [-0.05, 0) is 58.5 Å². The maximum atomic E-state index is 12.1. The lowest BCUT2D eigenvalue weighted by Crippen LogP contribution is -2.48. The number of methoxy groups -OCH3 is 1. The van der Waals surface area contributed by atoms with Crippen LogP contribution in [0.15, 0.2) is 46.9 Å². The molecule has 0 saturated carbocycles. The van der Waals surface area contributed by atoms with E-state index in [1.165, 1.54) is 19.2 Å². The fraction of sp³-hybridized carbons (Fsp3) is 0.0625. The van der Waals surface area contributed by atoms with Gasteiger partial charge in [-0.3, -0.25) is 25.8 Å². The molecular weight excluding hydrogens is 410 g/mol. The molecule has 0 aromatic heterocycles. The van der Waals surface area contributed by atoms with E-state index in [4.69, 9.17) is 17.0 Å². The van der Waals surface area contributed by atoms with Crippen molar-refractivity contribution in [3.8, 4) is 11.5 Å². The van der Waals surface area contributed by atoms with E-state index in [2.05, 4.69) is 32.1 Å². The molecule has 7 nitrogen and oxygen atoms in total. The highest BCUT2D eigenvalue weighted by atomic mass is 79.9. The van der Waals surface area contributed by atoms with E-state index in [0.29, 0.717) is 15.8 Å². The first-order chi connectivity index (χ1) is 11.9. The first-order valence-corrected chi connectivity index (χ1v) is 8.15. The molecular formula is C16H14BrN3O4S. The topological polar surface area (TPSA) is 99.7 Å². The number of aromatic hydroxyl groups is 1. The average molecular weight is 424 g/mol. The number of para-hydroxylation sites is 1. The van der Waals surface area contributed by atoms with Gasteiger partial charge >= 0.3 is 0 Å². The summed E-state index contributed by atoms with van der Waals surface area (Å²) in [5, 5.41) is 11.9. The monoisotopic (exact) mass is 423 g/mol. The molecule has 9 heteroatoms. The number of amides is 2. The van der Waals surface area contributed by atoms with E-state index in [-0.39, 0.29) is 16.4 Å². The number of ether oxygens (including phenoxy) is 1. The highest BCUT2D eigenvalue weighted by molar-refractivity contribution is 9.10. The summed E-state index contributed by atoms with van der Waals surface area (Å²) in [6.45, 7) is 0. The summed E-state index contributed by atoms with van der Waals surface area (Å²) in [7, 11) is 1.52. The zero-order chi connectivity index (χ0) is 18.4. The van der Waals surface area contributed by atoms with E-state index in [9.17, 15) is 14.7 Å². The van der Waals surface area contributed by atoms with Gasteiger partial charge in [-0.2, -0.15) is 0 Å². The third-order valence-corrected chi connectivity index (χ3v) is 3.90. The predicted octanol–water partition coefficient (Wildman–Crippen LogP) is 2.11. The smallest absolute Gasteiger partial charge is 0.273 e. The van der Waals surface area contributed by atoms with Crippen LogP contribution in [0.4, 0.5) is 0 Å². The number of thiocarbonyl (C=S) groups is 1. The van der Waals surface area contributed by atoms with Gasteiger partial charge in [-0.1, -0.05) is 12.1 Å². The number of benzene rings is 2. The Morgan fingerprint density at radius 1 is 1.12 bits per heavy atom. The van der Waals surface area contributed by atoms with Gasteiger partial charge < -0.3 is 9.84 Å². The lowest BCUT2D eigenvalue weighted by molar-refractivity contribution is 0.0932. The largest absolute Gasteiger partial charge is 0.507 e. The molecule has 0 fully saturated rings. The summed E-state index contributed by atoms with van der Waals surface area (Å²) in [5.41, 5.74) is 5.11. The maximum Gasteiger partial charge on any atom is 0.273 e. The van der Waals surface area contributed by atoms with Gasteiger partial charge in [0.05, 0.1) is 17.1 Å². The maximum absolute atomic E-state index is 12.1. The number of carbonyl (C=O) groups is 2. The number of hydrogen-bond donors (Lipinski definition) is 4. The second-order valence-corrected chi connectivity index (χ2v) is 5.99. The predicted molar refractivity (Wildman–Crippen MR) is 99.5 cm³/mol. The SMILES string of the molecule is COc1ccc(C(=O)NC(=S)NNC(=O)c2ccccc2O)cc1Br. The summed E-state index contributed by atoms with van der Waals surface area (Å²) in [6.07, 6.45) is 0. The molecule has 2 amide bonds. The van der Waals surface area contributed by atoms with Crippen LogP contribution < -0.4 is 20.9 Å². The molecule has 4 N–H and O–H groups in total. The molecule has 0 heterocycles. The average Bonchev–Trinajstić information content (AvgIpc) is 2.60. The highest BCUT2D eigenvalue weighted by Crippen LogP contribution is 2.25. The minimum Gasteiger partial charge on any atom is -0.507 e. The zero-order valence-electron chi connectivity index (χ0n) is 13.0. The third-order valence-electron chi connectivity index (χ3n) is 3.08. The Morgan fingerprint density at radius 3 is 2.48 bits per heavy atom. The number of hydrogen-bond acceptors (Lipinski definition) is 5. The Morgan fingerprint density at radius 2 is 1.84 bits per heavy atom. The van der Waals surface area contributed by atoms with E-state index in [0.717, 1.165) is 0 Å². The Bertz CT molecular complexity index is 829. The first-order valence-electron chi connectivity index (χ1n) is 6.95.